The molecule has 11 nitrogen and oxygen atoms in total. The van der Waals surface area contributed by atoms with Crippen molar-refractivity contribution in [2.75, 3.05) is 24.8 Å². The van der Waals surface area contributed by atoms with Crippen molar-refractivity contribution >= 4 is 50.1 Å². The van der Waals surface area contributed by atoms with E-state index in [1.165, 1.54) is 29.4 Å². The summed E-state index contributed by atoms with van der Waals surface area (Å²) in [6, 6.07) is 3.79. The van der Waals surface area contributed by atoms with Gasteiger partial charge in [0.1, 0.15) is 11.3 Å². The van der Waals surface area contributed by atoms with Crippen molar-refractivity contribution in [1.82, 2.24) is 29.2 Å². The standard InChI is InChI=1S/C19H19N7O4S3/c1-2-33(27,28)24-3-5-26-17-15(16(20)22-9-23-17)25-19(26)32-14-8-13-12(29-10-30-13)7-11(14)18-21-4-6-31-18/h4,6-9,24H,2-3,5,10H2,1H3,(H2,20,22,23). The van der Waals surface area contributed by atoms with Gasteiger partial charge in [-0.1, -0.05) is 11.8 Å². The number of nitrogens with zero attached hydrogens (tertiary/aromatic N) is 5. The van der Waals surface area contributed by atoms with E-state index in [0.29, 0.717) is 34.4 Å². The first kappa shape index (κ1) is 21.9. The summed E-state index contributed by atoms with van der Waals surface area (Å²) in [5.41, 5.74) is 7.90. The molecular weight excluding hydrogens is 486 g/mol. The second-order valence-electron chi connectivity index (χ2n) is 6.92. The molecule has 3 aromatic heterocycles. The molecule has 1 aliphatic rings. The molecule has 1 aromatic carbocycles. The zero-order valence-electron chi connectivity index (χ0n) is 17.4. The molecule has 0 saturated carbocycles. The molecule has 0 spiro atoms. The van der Waals surface area contributed by atoms with Gasteiger partial charge in [0.2, 0.25) is 16.8 Å². The van der Waals surface area contributed by atoms with Crippen LogP contribution in [0.5, 0.6) is 11.5 Å². The highest BCUT2D eigenvalue weighted by atomic mass is 32.2. The highest BCUT2D eigenvalue weighted by molar-refractivity contribution is 7.99. The van der Waals surface area contributed by atoms with Crippen LogP contribution >= 0.6 is 23.1 Å². The van der Waals surface area contributed by atoms with Crippen molar-refractivity contribution in [3.8, 4) is 22.1 Å². The van der Waals surface area contributed by atoms with E-state index in [1.807, 2.05) is 22.1 Å². The van der Waals surface area contributed by atoms with E-state index in [9.17, 15) is 8.42 Å². The Balaban J connectivity index is 1.56. The number of aromatic nitrogens is 5. The van der Waals surface area contributed by atoms with Gasteiger partial charge in [0.15, 0.2) is 33.6 Å². The SMILES string of the molecule is CCS(=O)(=O)NCCn1c(Sc2cc3c(cc2-c2nccs2)OCO3)nc2c(N)ncnc21. The first-order valence-corrected chi connectivity index (χ1v) is 13.3. The molecule has 0 saturated heterocycles. The maximum absolute atomic E-state index is 11.9. The molecule has 0 amide bonds. The fourth-order valence-electron chi connectivity index (χ4n) is 3.26. The predicted octanol–water partition coefficient (Wildman–Crippen LogP) is 2.35. The van der Waals surface area contributed by atoms with Gasteiger partial charge in [-0.2, -0.15) is 0 Å². The van der Waals surface area contributed by atoms with Gasteiger partial charge in [0.25, 0.3) is 0 Å². The van der Waals surface area contributed by atoms with Gasteiger partial charge >= 0.3 is 0 Å². The Morgan fingerprint density at radius 3 is 2.82 bits per heavy atom. The second-order valence-corrected chi connectivity index (χ2v) is 10.9. The van der Waals surface area contributed by atoms with Crippen LogP contribution in [0.25, 0.3) is 21.7 Å². The summed E-state index contributed by atoms with van der Waals surface area (Å²) in [7, 11) is -3.33. The minimum atomic E-state index is -3.33. The molecule has 0 fully saturated rings. The number of thiazole rings is 1. The number of nitrogens with one attached hydrogen (secondary N) is 1. The zero-order chi connectivity index (χ0) is 23.0. The van der Waals surface area contributed by atoms with Crippen LogP contribution in [-0.2, 0) is 16.6 Å². The number of benzene rings is 1. The van der Waals surface area contributed by atoms with Crippen LogP contribution in [0.15, 0.2) is 40.1 Å². The Labute approximate surface area is 197 Å². The Hall–Kier alpha value is -2.94. The summed E-state index contributed by atoms with van der Waals surface area (Å²) in [6.45, 7) is 2.23. The average molecular weight is 506 g/mol. The summed E-state index contributed by atoms with van der Waals surface area (Å²) < 4.78 is 39.3. The van der Waals surface area contributed by atoms with Gasteiger partial charge in [-0.15, -0.1) is 11.3 Å². The number of nitrogens with two attached hydrogens (primary N) is 1. The molecule has 5 rings (SSSR count). The van der Waals surface area contributed by atoms with Gasteiger partial charge in [-0.3, -0.25) is 0 Å². The lowest BCUT2D eigenvalue weighted by Crippen LogP contribution is -2.28. The molecule has 4 heterocycles. The molecule has 0 unspecified atom stereocenters. The van der Waals surface area contributed by atoms with Gasteiger partial charge in [0, 0.05) is 35.1 Å². The number of ether oxygens (including phenoxy) is 2. The fraction of sp³-hybridized carbons (Fsp3) is 0.263. The van der Waals surface area contributed by atoms with E-state index >= 15 is 0 Å². The van der Waals surface area contributed by atoms with Crippen molar-refractivity contribution in [2.45, 2.75) is 23.5 Å². The second kappa shape index (κ2) is 8.78. The molecular formula is C19H19N7O4S3. The third kappa shape index (κ3) is 4.34. The van der Waals surface area contributed by atoms with Crippen LogP contribution < -0.4 is 19.9 Å². The van der Waals surface area contributed by atoms with Crippen LogP contribution in [0, 0.1) is 0 Å². The van der Waals surface area contributed by atoms with Crippen LogP contribution in [-0.4, -0.2) is 52.0 Å². The lowest BCUT2D eigenvalue weighted by molar-refractivity contribution is 0.174. The van der Waals surface area contributed by atoms with Gasteiger partial charge < -0.3 is 19.8 Å². The lowest BCUT2D eigenvalue weighted by atomic mass is 10.2. The van der Waals surface area contributed by atoms with Gasteiger partial charge in [-0.25, -0.2) is 33.1 Å². The summed E-state index contributed by atoms with van der Waals surface area (Å²) in [5, 5.41) is 3.32. The summed E-state index contributed by atoms with van der Waals surface area (Å²) in [6.07, 6.45) is 3.10. The van der Waals surface area contributed by atoms with E-state index in [0.717, 1.165) is 15.5 Å². The normalized spacial score (nSPS) is 13.1. The molecule has 3 N–H and O–H groups in total. The van der Waals surface area contributed by atoms with Crippen molar-refractivity contribution in [1.29, 1.82) is 0 Å². The van der Waals surface area contributed by atoms with E-state index < -0.39 is 10.0 Å². The van der Waals surface area contributed by atoms with Crippen LogP contribution in [0.3, 0.4) is 0 Å². The molecule has 0 bridgehead atoms. The Kier molecular flexibility index (Phi) is 5.82. The van der Waals surface area contributed by atoms with E-state index in [2.05, 4.69) is 24.7 Å². The van der Waals surface area contributed by atoms with Crippen LogP contribution in [0.2, 0.25) is 0 Å². The summed E-state index contributed by atoms with van der Waals surface area (Å²) in [4.78, 5) is 18.3. The monoisotopic (exact) mass is 505 g/mol. The number of hydrogen-bond donors (Lipinski definition) is 2. The van der Waals surface area contributed by atoms with Crippen LogP contribution in [0.4, 0.5) is 5.82 Å². The first-order valence-electron chi connectivity index (χ1n) is 9.90. The number of sulfonamides is 1. The minimum absolute atomic E-state index is 0.00275. The molecule has 1 aliphatic heterocycles. The number of nitrogen functional groups attached to an aromatic ring is 1. The van der Waals surface area contributed by atoms with Gasteiger partial charge in [-0.05, 0) is 19.1 Å². The number of fused-ring (bicyclic) bond motifs is 2. The van der Waals surface area contributed by atoms with E-state index in [1.54, 1.807) is 13.1 Å². The smallest absolute Gasteiger partial charge is 0.231 e. The largest absolute Gasteiger partial charge is 0.454 e. The Morgan fingerprint density at radius 2 is 2.06 bits per heavy atom. The molecule has 0 radical (unpaired) electrons. The molecule has 0 aliphatic carbocycles. The molecule has 172 valence electrons. The maximum atomic E-state index is 11.9. The van der Waals surface area contributed by atoms with Crippen LogP contribution in [0.1, 0.15) is 6.92 Å². The molecule has 0 atom stereocenters. The zero-order valence-corrected chi connectivity index (χ0v) is 19.8. The van der Waals surface area contributed by atoms with Crippen molar-refractivity contribution in [2.24, 2.45) is 0 Å². The number of hydrogen-bond acceptors (Lipinski definition) is 11. The highest BCUT2D eigenvalue weighted by Gasteiger charge is 2.23. The van der Waals surface area contributed by atoms with Crippen molar-refractivity contribution in [3.05, 3.63) is 30.0 Å². The topological polar surface area (TPSA) is 147 Å². The molecule has 4 aromatic rings. The number of anilines is 1. The maximum Gasteiger partial charge on any atom is 0.231 e. The minimum Gasteiger partial charge on any atom is -0.454 e. The van der Waals surface area contributed by atoms with Gasteiger partial charge in [0.05, 0.1) is 5.75 Å². The fourth-order valence-corrected chi connectivity index (χ4v) is 5.65. The summed E-state index contributed by atoms with van der Waals surface area (Å²) in [5.74, 6) is 1.54. The lowest BCUT2D eigenvalue weighted by Gasteiger charge is -2.11. The Morgan fingerprint density at radius 1 is 1.24 bits per heavy atom. The molecule has 33 heavy (non-hydrogen) atoms. The predicted molar refractivity (Wildman–Crippen MR) is 125 cm³/mol. The van der Waals surface area contributed by atoms with Crippen molar-refractivity contribution in [3.63, 3.8) is 0 Å². The molecule has 14 heteroatoms. The van der Waals surface area contributed by atoms with Crippen molar-refractivity contribution < 1.29 is 17.9 Å². The number of rotatable bonds is 8. The Bertz CT molecular complexity index is 1420. The van der Waals surface area contributed by atoms with E-state index in [4.69, 9.17) is 15.2 Å². The third-order valence-corrected chi connectivity index (χ3v) is 8.16. The number of imidazole rings is 1. The van der Waals surface area contributed by atoms with E-state index in [-0.39, 0.29) is 24.9 Å². The quantitative estimate of drug-likeness (QED) is 0.366. The first-order chi connectivity index (χ1) is 15.9. The highest BCUT2D eigenvalue weighted by Crippen LogP contribution is 2.45. The summed E-state index contributed by atoms with van der Waals surface area (Å²) >= 11 is 2.90. The third-order valence-electron chi connectivity index (χ3n) is 4.90. The average Bonchev–Trinajstić information content (AvgIpc) is 3.54.